The third-order valence-electron chi connectivity index (χ3n) is 5.26. The molecule has 0 aliphatic carbocycles. The Labute approximate surface area is 198 Å². The van der Waals surface area contributed by atoms with Gasteiger partial charge in [0.25, 0.3) is 0 Å². The van der Waals surface area contributed by atoms with E-state index in [0.717, 1.165) is 26.4 Å². The molecule has 1 unspecified atom stereocenters. The van der Waals surface area contributed by atoms with Gasteiger partial charge in [0.05, 0.1) is 4.90 Å². The van der Waals surface area contributed by atoms with Crippen molar-refractivity contribution in [3.8, 4) is 0 Å². The second-order valence-electron chi connectivity index (χ2n) is 7.96. The molecular formula is C23H26ClN3O3S2. The summed E-state index contributed by atoms with van der Waals surface area (Å²) < 4.78 is 29.4. The number of hydrogen-bond donors (Lipinski definition) is 3. The summed E-state index contributed by atoms with van der Waals surface area (Å²) in [5.41, 5.74) is -0.190. The molecule has 2 aromatic heterocycles. The van der Waals surface area contributed by atoms with Gasteiger partial charge in [-0.1, -0.05) is 24.3 Å². The first-order valence-electron chi connectivity index (χ1n) is 10.0. The fourth-order valence-electron chi connectivity index (χ4n) is 3.63. The molecule has 170 valence electrons. The molecule has 2 aromatic carbocycles. The Balaban J connectivity index is 0.00000289. The lowest BCUT2D eigenvalue weighted by Crippen LogP contribution is -2.43. The van der Waals surface area contributed by atoms with Gasteiger partial charge in [0.2, 0.25) is 10.0 Å². The number of fused-ring (bicyclic) bond motifs is 2. The smallest absolute Gasteiger partial charge is 0.240 e. The van der Waals surface area contributed by atoms with Gasteiger partial charge < -0.3 is 10.4 Å². The van der Waals surface area contributed by atoms with Crippen molar-refractivity contribution in [2.45, 2.75) is 30.4 Å². The Bertz CT molecular complexity index is 1320. The van der Waals surface area contributed by atoms with Crippen LogP contribution in [0.4, 0.5) is 0 Å². The zero-order valence-corrected chi connectivity index (χ0v) is 20.2. The Morgan fingerprint density at radius 1 is 1.16 bits per heavy atom. The Hall–Kier alpha value is -2.07. The third-order valence-corrected chi connectivity index (χ3v) is 7.81. The van der Waals surface area contributed by atoms with Gasteiger partial charge in [-0.3, -0.25) is 4.98 Å². The minimum absolute atomic E-state index is 0. The predicted molar refractivity (Wildman–Crippen MR) is 133 cm³/mol. The molecule has 2 heterocycles. The van der Waals surface area contributed by atoms with E-state index in [2.05, 4.69) is 15.0 Å². The molecule has 0 spiro atoms. The van der Waals surface area contributed by atoms with Crippen LogP contribution in [0.5, 0.6) is 0 Å². The first-order chi connectivity index (χ1) is 14.8. The molecule has 2 atom stereocenters. The van der Waals surface area contributed by atoms with Gasteiger partial charge in [-0.05, 0) is 54.3 Å². The van der Waals surface area contributed by atoms with E-state index in [1.165, 1.54) is 0 Å². The van der Waals surface area contributed by atoms with Crippen LogP contribution < -0.4 is 10.0 Å². The molecule has 0 radical (unpaired) electrons. The molecule has 0 fully saturated rings. The van der Waals surface area contributed by atoms with Crippen LogP contribution in [0.1, 0.15) is 19.4 Å². The number of benzene rings is 2. The van der Waals surface area contributed by atoms with E-state index in [1.807, 2.05) is 29.6 Å². The number of aliphatic hydroxyl groups is 1. The molecule has 6 nitrogen and oxygen atoms in total. The van der Waals surface area contributed by atoms with Gasteiger partial charge in [-0.15, -0.1) is 23.7 Å². The number of aromatic nitrogens is 1. The van der Waals surface area contributed by atoms with E-state index >= 15 is 0 Å². The molecule has 0 amide bonds. The largest absolute Gasteiger partial charge is 0.384 e. The predicted octanol–water partition coefficient (Wildman–Crippen LogP) is 4.04. The van der Waals surface area contributed by atoms with Crippen molar-refractivity contribution in [1.29, 1.82) is 0 Å². The number of pyridine rings is 1. The van der Waals surface area contributed by atoms with Gasteiger partial charge in [-0.25, -0.2) is 13.1 Å². The van der Waals surface area contributed by atoms with Gasteiger partial charge in [0.15, 0.2) is 0 Å². The molecule has 32 heavy (non-hydrogen) atoms. The van der Waals surface area contributed by atoms with E-state index in [1.54, 1.807) is 61.8 Å². The van der Waals surface area contributed by atoms with Gasteiger partial charge in [-0.2, -0.15) is 0 Å². The molecular weight excluding hydrogens is 466 g/mol. The molecule has 3 N–H and O–H groups in total. The maximum Gasteiger partial charge on any atom is 0.240 e. The lowest BCUT2D eigenvalue weighted by Gasteiger charge is -2.25. The average Bonchev–Trinajstić information content (AvgIpc) is 3.18. The first-order valence-corrected chi connectivity index (χ1v) is 12.4. The minimum Gasteiger partial charge on any atom is -0.384 e. The SMILES string of the molecule is C[C@H](CNCC(C)(O)c1csc2ccccc12)NS(=O)(=O)c1ccc2cnccc2c1.Cl. The fraction of sp³-hybridized carbons (Fsp3) is 0.261. The van der Waals surface area contributed by atoms with Crippen LogP contribution in [0.3, 0.4) is 0 Å². The highest BCUT2D eigenvalue weighted by molar-refractivity contribution is 7.89. The zero-order valence-electron chi connectivity index (χ0n) is 17.8. The maximum absolute atomic E-state index is 12.8. The fourth-order valence-corrected chi connectivity index (χ4v) is 5.99. The molecule has 4 aromatic rings. The van der Waals surface area contributed by atoms with Crippen molar-refractivity contribution in [2.24, 2.45) is 0 Å². The van der Waals surface area contributed by atoms with Crippen molar-refractivity contribution < 1.29 is 13.5 Å². The van der Waals surface area contributed by atoms with Crippen molar-refractivity contribution in [2.75, 3.05) is 13.1 Å². The summed E-state index contributed by atoms with van der Waals surface area (Å²) in [5.74, 6) is 0. The molecule has 9 heteroatoms. The summed E-state index contributed by atoms with van der Waals surface area (Å²) >= 11 is 1.60. The van der Waals surface area contributed by atoms with Gasteiger partial charge in [0, 0.05) is 47.2 Å². The van der Waals surface area contributed by atoms with E-state index < -0.39 is 15.6 Å². The zero-order chi connectivity index (χ0) is 22.1. The molecule has 0 aliphatic heterocycles. The normalized spacial score (nSPS) is 14.7. The summed E-state index contributed by atoms with van der Waals surface area (Å²) in [6.45, 7) is 4.26. The van der Waals surface area contributed by atoms with Crippen molar-refractivity contribution >= 4 is 54.6 Å². The number of nitrogens with zero attached hydrogens (tertiary/aromatic N) is 1. The van der Waals surface area contributed by atoms with Crippen LogP contribution in [-0.4, -0.2) is 37.6 Å². The Kier molecular flexibility index (Phi) is 7.54. The van der Waals surface area contributed by atoms with Gasteiger partial charge in [0.1, 0.15) is 5.60 Å². The highest BCUT2D eigenvalue weighted by Crippen LogP contribution is 2.33. The second kappa shape index (κ2) is 9.82. The van der Waals surface area contributed by atoms with Crippen LogP contribution in [-0.2, 0) is 15.6 Å². The van der Waals surface area contributed by atoms with Crippen molar-refractivity contribution in [3.05, 3.63) is 71.9 Å². The molecule has 4 rings (SSSR count). The second-order valence-corrected chi connectivity index (χ2v) is 10.6. The highest BCUT2D eigenvalue weighted by Gasteiger charge is 2.26. The minimum atomic E-state index is -3.66. The molecule has 0 saturated heterocycles. The maximum atomic E-state index is 12.8. The summed E-state index contributed by atoms with van der Waals surface area (Å²) in [6.07, 6.45) is 3.34. The van der Waals surface area contributed by atoms with Gasteiger partial charge >= 0.3 is 0 Å². The van der Waals surface area contributed by atoms with E-state index in [4.69, 9.17) is 0 Å². The lowest BCUT2D eigenvalue weighted by atomic mass is 9.95. The van der Waals surface area contributed by atoms with Crippen LogP contribution in [0.15, 0.2) is 71.2 Å². The standard InChI is InChI=1S/C23H25N3O3S2.ClH/c1-16(26-31(28,29)19-8-7-18-13-24-10-9-17(18)11-19)12-25-15-23(2,27)21-14-30-22-6-4-3-5-20(21)22;/h3-11,13-14,16,25-27H,12,15H2,1-2H3;1H/t16-,23?;/m1./s1. The van der Waals surface area contributed by atoms with Crippen LogP contribution in [0, 0.1) is 0 Å². The van der Waals surface area contributed by atoms with Crippen molar-refractivity contribution in [1.82, 2.24) is 15.0 Å². The Morgan fingerprint density at radius 2 is 1.94 bits per heavy atom. The number of sulfonamides is 1. The third kappa shape index (κ3) is 5.28. The van der Waals surface area contributed by atoms with Crippen LogP contribution in [0.2, 0.25) is 0 Å². The average molecular weight is 492 g/mol. The quantitative estimate of drug-likeness (QED) is 0.346. The number of nitrogens with one attached hydrogen (secondary N) is 2. The number of rotatable bonds is 8. The summed E-state index contributed by atoms with van der Waals surface area (Å²) in [4.78, 5) is 4.27. The number of halogens is 1. The first kappa shape index (κ1) is 24.6. The lowest BCUT2D eigenvalue weighted by molar-refractivity contribution is 0.0587. The van der Waals surface area contributed by atoms with Crippen LogP contribution in [0.25, 0.3) is 20.9 Å². The highest BCUT2D eigenvalue weighted by atomic mass is 35.5. The summed E-state index contributed by atoms with van der Waals surface area (Å²) in [5, 5.41) is 18.9. The Morgan fingerprint density at radius 3 is 2.75 bits per heavy atom. The van der Waals surface area contributed by atoms with E-state index in [-0.39, 0.29) is 23.3 Å². The van der Waals surface area contributed by atoms with Crippen molar-refractivity contribution in [3.63, 3.8) is 0 Å². The number of hydrogen-bond acceptors (Lipinski definition) is 6. The van der Waals surface area contributed by atoms with Crippen LogP contribution >= 0.6 is 23.7 Å². The summed E-state index contributed by atoms with van der Waals surface area (Å²) in [6, 6.07) is 14.4. The summed E-state index contributed by atoms with van der Waals surface area (Å²) in [7, 11) is -3.66. The molecule has 0 saturated carbocycles. The molecule has 0 bridgehead atoms. The molecule has 0 aliphatic rings. The topological polar surface area (TPSA) is 91.3 Å². The monoisotopic (exact) mass is 491 g/mol. The van der Waals surface area contributed by atoms with E-state index in [9.17, 15) is 13.5 Å². The number of thiophene rings is 1. The van der Waals surface area contributed by atoms with E-state index in [0.29, 0.717) is 13.1 Å².